The smallest absolute Gasteiger partial charge is 0.122 e. The Hall–Kier alpha value is -1.13. The van der Waals surface area contributed by atoms with Crippen LogP contribution >= 0.6 is 0 Å². The molecule has 21 heavy (non-hydrogen) atoms. The summed E-state index contributed by atoms with van der Waals surface area (Å²) in [6.45, 7) is 11.8. The number of rotatable bonds is 5. The first-order valence-electron chi connectivity index (χ1n) is 7.88. The van der Waals surface area contributed by atoms with Gasteiger partial charge < -0.3 is 10.1 Å². The van der Waals surface area contributed by atoms with Gasteiger partial charge in [0.2, 0.25) is 0 Å². The van der Waals surface area contributed by atoms with Crippen molar-refractivity contribution in [1.82, 2.24) is 15.2 Å². The van der Waals surface area contributed by atoms with Crippen molar-refractivity contribution in [2.24, 2.45) is 0 Å². The average Bonchev–Trinajstić information content (AvgIpc) is 2.82. The fourth-order valence-corrected chi connectivity index (χ4v) is 2.87. The van der Waals surface area contributed by atoms with E-state index in [2.05, 4.69) is 42.0 Å². The van der Waals surface area contributed by atoms with Crippen LogP contribution in [-0.4, -0.2) is 41.7 Å². The Bertz CT molecular complexity index is 468. The van der Waals surface area contributed by atoms with E-state index in [0.29, 0.717) is 6.04 Å². The summed E-state index contributed by atoms with van der Waals surface area (Å²) in [5.41, 5.74) is 2.31. The third kappa shape index (κ3) is 4.97. The number of hydrogen-bond donors (Lipinski definition) is 1. The van der Waals surface area contributed by atoms with Crippen molar-refractivity contribution in [2.75, 3.05) is 20.2 Å². The van der Waals surface area contributed by atoms with E-state index in [1.165, 1.54) is 12.8 Å². The molecule has 1 N–H and O–H groups in total. The SMILES string of the molecule is COc1cc(C)nc(CN2CCCC2CNC(C)(C)C)c1. The molecule has 0 aliphatic carbocycles. The molecule has 1 atom stereocenters. The summed E-state index contributed by atoms with van der Waals surface area (Å²) in [4.78, 5) is 7.19. The van der Waals surface area contributed by atoms with Gasteiger partial charge in [-0.15, -0.1) is 0 Å². The Labute approximate surface area is 128 Å². The molecule has 0 amide bonds. The lowest BCUT2D eigenvalue weighted by molar-refractivity contribution is 0.223. The van der Waals surface area contributed by atoms with Gasteiger partial charge >= 0.3 is 0 Å². The topological polar surface area (TPSA) is 37.4 Å². The Morgan fingerprint density at radius 2 is 2.14 bits per heavy atom. The van der Waals surface area contributed by atoms with Crippen molar-refractivity contribution in [2.45, 2.75) is 58.7 Å². The van der Waals surface area contributed by atoms with Crippen molar-refractivity contribution in [3.8, 4) is 5.75 Å². The van der Waals surface area contributed by atoms with Gasteiger partial charge in [0, 0.05) is 42.5 Å². The summed E-state index contributed by atoms with van der Waals surface area (Å²) in [5.74, 6) is 0.904. The molecule has 1 saturated heterocycles. The largest absolute Gasteiger partial charge is 0.497 e. The zero-order valence-electron chi connectivity index (χ0n) is 14.1. The summed E-state index contributed by atoms with van der Waals surface area (Å²) < 4.78 is 5.35. The Morgan fingerprint density at radius 1 is 1.38 bits per heavy atom. The number of methoxy groups -OCH3 is 1. The predicted octanol–water partition coefficient (Wildman–Crippen LogP) is 2.75. The summed E-state index contributed by atoms with van der Waals surface area (Å²) in [7, 11) is 1.71. The van der Waals surface area contributed by atoms with Gasteiger partial charge in [0.15, 0.2) is 0 Å². The summed E-state index contributed by atoms with van der Waals surface area (Å²) >= 11 is 0. The monoisotopic (exact) mass is 291 g/mol. The van der Waals surface area contributed by atoms with Crippen LogP contribution in [0.2, 0.25) is 0 Å². The minimum atomic E-state index is 0.180. The number of nitrogens with one attached hydrogen (secondary N) is 1. The third-order valence-electron chi connectivity index (χ3n) is 3.95. The molecule has 2 rings (SSSR count). The molecule has 0 aromatic carbocycles. The van der Waals surface area contributed by atoms with E-state index >= 15 is 0 Å². The lowest BCUT2D eigenvalue weighted by atomic mass is 10.1. The molecule has 0 saturated carbocycles. The molecule has 0 bridgehead atoms. The van der Waals surface area contributed by atoms with Gasteiger partial charge in [-0.3, -0.25) is 9.88 Å². The van der Waals surface area contributed by atoms with Gasteiger partial charge in [-0.05, 0) is 47.1 Å². The van der Waals surface area contributed by atoms with Crippen LogP contribution in [0.25, 0.3) is 0 Å². The molecule has 1 aliphatic heterocycles. The van der Waals surface area contributed by atoms with Gasteiger partial charge in [0.1, 0.15) is 5.75 Å². The maximum atomic E-state index is 5.35. The van der Waals surface area contributed by atoms with Crippen LogP contribution in [0.1, 0.15) is 45.0 Å². The Kier molecular flexibility index (Phi) is 5.22. The lowest BCUT2D eigenvalue weighted by Gasteiger charge is -2.29. The minimum Gasteiger partial charge on any atom is -0.497 e. The van der Waals surface area contributed by atoms with Gasteiger partial charge in [0.05, 0.1) is 12.8 Å². The molecule has 1 unspecified atom stereocenters. The van der Waals surface area contributed by atoms with Crippen LogP contribution in [0.15, 0.2) is 12.1 Å². The van der Waals surface area contributed by atoms with Crippen LogP contribution in [0.4, 0.5) is 0 Å². The highest BCUT2D eigenvalue weighted by atomic mass is 16.5. The minimum absolute atomic E-state index is 0.180. The van der Waals surface area contributed by atoms with Crippen molar-refractivity contribution in [3.63, 3.8) is 0 Å². The molecule has 1 aromatic rings. The number of hydrogen-bond acceptors (Lipinski definition) is 4. The van der Waals surface area contributed by atoms with Crippen molar-refractivity contribution >= 4 is 0 Å². The first-order chi connectivity index (χ1) is 9.87. The van der Waals surface area contributed by atoms with E-state index in [1.54, 1.807) is 7.11 Å². The molecular weight excluding hydrogens is 262 g/mol. The van der Waals surface area contributed by atoms with Gasteiger partial charge in [-0.2, -0.15) is 0 Å². The molecule has 118 valence electrons. The van der Waals surface area contributed by atoms with Gasteiger partial charge in [0.25, 0.3) is 0 Å². The van der Waals surface area contributed by atoms with Gasteiger partial charge in [-0.25, -0.2) is 0 Å². The molecule has 2 heterocycles. The van der Waals surface area contributed by atoms with Crippen LogP contribution in [-0.2, 0) is 6.54 Å². The number of aromatic nitrogens is 1. The van der Waals surface area contributed by atoms with Crippen molar-refractivity contribution < 1.29 is 4.74 Å². The number of nitrogens with zero attached hydrogens (tertiary/aromatic N) is 2. The van der Waals surface area contributed by atoms with E-state index in [1.807, 2.05) is 13.0 Å². The number of ether oxygens (including phenoxy) is 1. The number of likely N-dealkylation sites (tertiary alicyclic amines) is 1. The highest BCUT2D eigenvalue weighted by molar-refractivity contribution is 5.26. The van der Waals surface area contributed by atoms with Crippen molar-refractivity contribution in [1.29, 1.82) is 0 Å². The molecule has 1 aliphatic rings. The lowest BCUT2D eigenvalue weighted by Crippen LogP contribution is -2.45. The molecule has 4 nitrogen and oxygen atoms in total. The zero-order chi connectivity index (χ0) is 15.5. The molecule has 0 radical (unpaired) electrons. The molecular formula is C17H29N3O. The Balaban J connectivity index is 1.99. The maximum Gasteiger partial charge on any atom is 0.122 e. The van der Waals surface area contributed by atoms with E-state index in [-0.39, 0.29) is 5.54 Å². The van der Waals surface area contributed by atoms with E-state index in [4.69, 9.17) is 4.74 Å². The van der Waals surface area contributed by atoms with E-state index in [9.17, 15) is 0 Å². The average molecular weight is 291 g/mol. The van der Waals surface area contributed by atoms with E-state index < -0.39 is 0 Å². The van der Waals surface area contributed by atoms with Crippen LogP contribution in [0.3, 0.4) is 0 Å². The predicted molar refractivity (Wildman–Crippen MR) is 86.7 cm³/mol. The van der Waals surface area contributed by atoms with Crippen LogP contribution in [0.5, 0.6) is 5.75 Å². The highest BCUT2D eigenvalue weighted by Gasteiger charge is 2.26. The standard InChI is InChI=1S/C17H29N3O/c1-13-9-16(21-5)10-14(19-13)12-20-8-6-7-15(20)11-18-17(2,3)4/h9-10,15,18H,6-8,11-12H2,1-5H3. The van der Waals surface area contributed by atoms with Crippen molar-refractivity contribution in [3.05, 3.63) is 23.5 Å². The molecule has 1 fully saturated rings. The second-order valence-electron chi connectivity index (χ2n) is 7.04. The maximum absolute atomic E-state index is 5.35. The normalized spacial score (nSPS) is 20.0. The van der Waals surface area contributed by atoms with E-state index in [0.717, 1.165) is 36.8 Å². The zero-order valence-corrected chi connectivity index (χ0v) is 14.1. The second kappa shape index (κ2) is 6.75. The highest BCUT2D eigenvalue weighted by Crippen LogP contribution is 2.21. The molecule has 1 aromatic heterocycles. The van der Waals surface area contributed by atoms with Gasteiger partial charge in [-0.1, -0.05) is 0 Å². The quantitative estimate of drug-likeness (QED) is 0.905. The summed E-state index contributed by atoms with van der Waals surface area (Å²) in [6.07, 6.45) is 2.55. The molecule has 0 spiro atoms. The second-order valence-corrected chi connectivity index (χ2v) is 7.04. The Morgan fingerprint density at radius 3 is 2.81 bits per heavy atom. The summed E-state index contributed by atoms with van der Waals surface area (Å²) in [6, 6.07) is 4.64. The number of pyridine rings is 1. The van der Waals surface area contributed by atoms with Crippen LogP contribution < -0.4 is 10.1 Å². The number of aryl methyl sites for hydroxylation is 1. The third-order valence-corrected chi connectivity index (χ3v) is 3.95. The first kappa shape index (κ1) is 16.2. The molecule has 4 heteroatoms. The fraction of sp³-hybridized carbons (Fsp3) is 0.706. The first-order valence-corrected chi connectivity index (χ1v) is 7.88. The summed E-state index contributed by atoms with van der Waals surface area (Å²) in [5, 5.41) is 3.63. The van der Waals surface area contributed by atoms with Crippen LogP contribution in [0, 0.1) is 6.92 Å². The fourth-order valence-electron chi connectivity index (χ4n) is 2.87.